The summed E-state index contributed by atoms with van der Waals surface area (Å²) >= 11 is 0. The maximum atomic E-state index is 11.0. The van der Waals surface area contributed by atoms with Gasteiger partial charge in [-0.05, 0) is 0 Å². The molecule has 1 fully saturated rings. The molecule has 1 aliphatic rings. The molecule has 1 heterocycles. The maximum Gasteiger partial charge on any atom is 0.225 e. The van der Waals surface area contributed by atoms with Crippen molar-refractivity contribution < 1.29 is 17.9 Å². The molecule has 0 bridgehead atoms. The molecule has 1 aliphatic heterocycles. The molecular formula is C7H12N2O4S. The number of nitrogens with one attached hydrogen (secondary N) is 1. The molecule has 7 heteroatoms. The minimum absolute atomic E-state index is 0.157. The van der Waals surface area contributed by atoms with Crippen molar-refractivity contribution in [1.82, 2.24) is 4.72 Å². The Kier molecular flexibility index (Phi) is 4.28. The number of hydrogen-bond acceptors (Lipinski definition) is 5. The van der Waals surface area contributed by atoms with Crippen molar-refractivity contribution in [2.45, 2.75) is 6.10 Å². The van der Waals surface area contributed by atoms with Crippen LogP contribution in [-0.4, -0.2) is 46.6 Å². The molecule has 0 aromatic heterocycles. The monoisotopic (exact) mass is 220 g/mol. The Balaban J connectivity index is 2.29. The van der Waals surface area contributed by atoms with Crippen molar-refractivity contribution in [3.63, 3.8) is 0 Å². The molecule has 0 aromatic rings. The summed E-state index contributed by atoms with van der Waals surface area (Å²) in [4.78, 5) is 0. The van der Waals surface area contributed by atoms with Gasteiger partial charge in [-0.15, -0.1) is 0 Å². The molecule has 1 atom stereocenters. The second kappa shape index (κ2) is 5.26. The third-order valence-corrected chi connectivity index (χ3v) is 2.79. The quantitative estimate of drug-likeness (QED) is 0.646. The average Bonchev–Trinajstić information content (AvgIpc) is 2.17. The lowest BCUT2D eigenvalue weighted by Crippen LogP contribution is -2.40. The van der Waals surface area contributed by atoms with Crippen molar-refractivity contribution in [1.29, 1.82) is 5.26 Å². The van der Waals surface area contributed by atoms with Crippen LogP contribution < -0.4 is 4.72 Å². The van der Waals surface area contributed by atoms with Gasteiger partial charge in [0.15, 0.2) is 5.75 Å². The standard InChI is InChI=1S/C7H12N2O4S/c8-1-4-14(10,11)9-5-7-6-12-2-3-13-7/h7,9H,2-6H2. The Morgan fingerprint density at radius 3 is 2.86 bits per heavy atom. The van der Waals surface area contributed by atoms with Crippen LogP contribution in [0.2, 0.25) is 0 Å². The van der Waals surface area contributed by atoms with Gasteiger partial charge >= 0.3 is 0 Å². The first kappa shape index (κ1) is 11.4. The Morgan fingerprint density at radius 1 is 1.50 bits per heavy atom. The van der Waals surface area contributed by atoms with Gasteiger partial charge in [0.2, 0.25) is 10.0 Å². The van der Waals surface area contributed by atoms with Crippen LogP contribution in [-0.2, 0) is 19.5 Å². The fourth-order valence-corrected chi connectivity index (χ4v) is 1.72. The maximum absolute atomic E-state index is 11.0. The molecule has 0 saturated carbocycles. The molecule has 0 aromatic carbocycles. The lowest BCUT2D eigenvalue weighted by atomic mass is 10.3. The van der Waals surface area contributed by atoms with Crippen molar-refractivity contribution in [2.24, 2.45) is 0 Å². The highest BCUT2D eigenvalue weighted by Gasteiger charge is 2.17. The van der Waals surface area contributed by atoms with Crippen molar-refractivity contribution >= 4 is 10.0 Å². The first-order valence-electron chi connectivity index (χ1n) is 4.18. The van der Waals surface area contributed by atoms with E-state index >= 15 is 0 Å². The number of nitriles is 1. The van der Waals surface area contributed by atoms with Gasteiger partial charge in [0.25, 0.3) is 0 Å². The van der Waals surface area contributed by atoms with Gasteiger partial charge in [-0.3, -0.25) is 0 Å². The van der Waals surface area contributed by atoms with Crippen molar-refractivity contribution in [3.8, 4) is 6.07 Å². The summed E-state index contributed by atoms with van der Waals surface area (Å²) < 4.78 is 34.7. The van der Waals surface area contributed by atoms with Gasteiger partial charge in [-0.2, -0.15) is 5.26 Å². The summed E-state index contributed by atoms with van der Waals surface area (Å²) in [6, 6.07) is 1.57. The highest BCUT2D eigenvalue weighted by molar-refractivity contribution is 7.89. The predicted octanol–water partition coefficient (Wildman–Crippen LogP) is -1.16. The van der Waals surface area contributed by atoms with E-state index in [-0.39, 0.29) is 12.6 Å². The molecule has 1 N–H and O–H groups in total. The zero-order valence-corrected chi connectivity index (χ0v) is 8.42. The van der Waals surface area contributed by atoms with E-state index in [4.69, 9.17) is 14.7 Å². The first-order chi connectivity index (χ1) is 6.64. The highest BCUT2D eigenvalue weighted by Crippen LogP contribution is 1.99. The predicted molar refractivity (Wildman–Crippen MR) is 48.0 cm³/mol. The minimum Gasteiger partial charge on any atom is -0.376 e. The SMILES string of the molecule is N#CCS(=O)(=O)NCC1COCCO1. The van der Waals surface area contributed by atoms with Crippen LogP contribution in [0.25, 0.3) is 0 Å². The number of rotatable bonds is 4. The van der Waals surface area contributed by atoms with Crippen LogP contribution in [0.3, 0.4) is 0 Å². The van der Waals surface area contributed by atoms with Crippen LogP contribution in [0.15, 0.2) is 0 Å². The molecule has 14 heavy (non-hydrogen) atoms. The second-order valence-corrected chi connectivity index (χ2v) is 4.64. The first-order valence-corrected chi connectivity index (χ1v) is 5.83. The van der Waals surface area contributed by atoms with Gasteiger partial charge < -0.3 is 9.47 Å². The van der Waals surface area contributed by atoms with Crippen LogP contribution in [0.5, 0.6) is 0 Å². The van der Waals surface area contributed by atoms with E-state index in [1.165, 1.54) is 0 Å². The third kappa shape index (κ3) is 4.02. The molecule has 1 saturated heterocycles. The summed E-state index contributed by atoms with van der Waals surface area (Å²) in [6.07, 6.45) is -0.253. The smallest absolute Gasteiger partial charge is 0.225 e. The van der Waals surface area contributed by atoms with Crippen LogP contribution in [0.1, 0.15) is 0 Å². The molecule has 80 valence electrons. The summed E-state index contributed by atoms with van der Waals surface area (Å²) in [5, 5.41) is 8.21. The molecule has 0 spiro atoms. The van der Waals surface area contributed by atoms with Crippen LogP contribution in [0.4, 0.5) is 0 Å². The number of nitrogens with zero attached hydrogens (tertiary/aromatic N) is 1. The van der Waals surface area contributed by atoms with Crippen molar-refractivity contribution in [3.05, 3.63) is 0 Å². The van der Waals surface area contributed by atoms with Crippen molar-refractivity contribution in [2.75, 3.05) is 32.1 Å². The van der Waals surface area contributed by atoms with Crippen LogP contribution in [0, 0.1) is 11.3 Å². The number of sulfonamides is 1. The number of hydrogen-bond donors (Lipinski definition) is 1. The molecule has 1 unspecified atom stereocenters. The summed E-state index contributed by atoms with van der Waals surface area (Å²) in [5.74, 6) is -0.527. The van der Waals surface area contributed by atoms with Gasteiger partial charge in [0.1, 0.15) is 0 Å². The lowest BCUT2D eigenvalue weighted by Gasteiger charge is -2.22. The average molecular weight is 220 g/mol. The van der Waals surface area contributed by atoms with Gasteiger partial charge in [-0.1, -0.05) is 0 Å². The van der Waals surface area contributed by atoms with E-state index in [1.807, 2.05) is 0 Å². The Hall–Kier alpha value is -0.680. The molecule has 6 nitrogen and oxygen atoms in total. The summed E-state index contributed by atoms with van der Waals surface area (Å²) in [6.45, 7) is 1.56. The molecule has 1 rings (SSSR count). The zero-order chi connectivity index (χ0) is 10.4. The molecule has 0 amide bonds. The van der Waals surface area contributed by atoms with Gasteiger partial charge in [0, 0.05) is 6.54 Å². The molecule has 0 radical (unpaired) electrons. The van der Waals surface area contributed by atoms with E-state index < -0.39 is 15.8 Å². The van der Waals surface area contributed by atoms with E-state index in [2.05, 4.69) is 4.72 Å². The van der Waals surface area contributed by atoms with E-state index in [0.717, 1.165) is 0 Å². The fourth-order valence-electron chi connectivity index (χ4n) is 1.01. The summed E-state index contributed by atoms with van der Waals surface area (Å²) in [5.41, 5.74) is 0. The Labute approximate surface area is 82.9 Å². The van der Waals surface area contributed by atoms with E-state index in [0.29, 0.717) is 19.8 Å². The van der Waals surface area contributed by atoms with Gasteiger partial charge in [-0.25, -0.2) is 13.1 Å². The van der Waals surface area contributed by atoms with Gasteiger partial charge in [0.05, 0.1) is 32.0 Å². The third-order valence-electron chi connectivity index (χ3n) is 1.67. The zero-order valence-electron chi connectivity index (χ0n) is 7.60. The molecular weight excluding hydrogens is 208 g/mol. The topological polar surface area (TPSA) is 88.4 Å². The highest BCUT2D eigenvalue weighted by atomic mass is 32.2. The fraction of sp³-hybridized carbons (Fsp3) is 0.857. The lowest BCUT2D eigenvalue weighted by molar-refractivity contribution is -0.0846. The van der Waals surface area contributed by atoms with E-state index in [9.17, 15) is 8.42 Å². The number of ether oxygens (including phenoxy) is 2. The normalized spacial score (nSPS) is 22.9. The largest absolute Gasteiger partial charge is 0.376 e. The molecule has 0 aliphatic carbocycles. The Bertz CT molecular complexity index is 302. The minimum atomic E-state index is -3.48. The Morgan fingerprint density at radius 2 is 2.29 bits per heavy atom. The summed E-state index contributed by atoms with van der Waals surface area (Å²) in [7, 11) is -3.48. The van der Waals surface area contributed by atoms with Crippen LogP contribution >= 0.6 is 0 Å². The second-order valence-electron chi connectivity index (χ2n) is 2.83. The van der Waals surface area contributed by atoms with E-state index in [1.54, 1.807) is 6.07 Å².